The van der Waals surface area contributed by atoms with E-state index in [0.29, 0.717) is 28.8 Å². The van der Waals surface area contributed by atoms with Crippen LogP contribution in [0.5, 0.6) is 0 Å². The Kier molecular flexibility index (Phi) is 1.45. The van der Waals surface area contributed by atoms with Crippen molar-refractivity contribution in [1.29, 1.82) is 0 Å². The molecule has 1 heterocycles. The number of fused-ring (bicyclic) bond motifs is 1. The quantitative estimate of drug-likeness (QED) is 0.512. The zero-order chi connectivity index (χ0) is 9.59. The number of aromatic nitrogens is 1. The SMILES string of the molecule is Cc1c(C=O)[nH]c2c1C(=O)CC2=O. The average molecular weight is 177 g/mol. The second-order valence-electron chi connectivity index (χ2n) is 3.05. The molecule has 0 fully saturated rings. The molecule has 1 aliphatic rings. The number of Topliss-reactive ketones (excluding diaryl/α,β-unsaturated/α-hetero) is 2. The molecular weight excluding hydrogens is 170 g/mol. The van der Waals surface area contributed by atoms with Gasteiger partial charge in [-0.2, -0.15) is 0 Å². The molecule has 1 aromatic heterocycles. The molecule has 2 rings (SSSR count). The van der Waals surface area contributed by atoms with Gasteiger partial charge in [0.15, 0.2) is 17.9 Å². The van der Waals surface area contributed by atoms with Gasteiger partial charge in [0.2, 0.25) is 0 Å². The topological polar surface area (TPSA) is 67.0 Å². The van der Waals surface area contributed by atoms with Gasteiger partial charge < -0.3 is 4.98 Å². The lowest BCUT2D eigenvalue weighted by Crippen LogP contribution is -1.97. The molecular formula is C9H7NO3. The number of carbonyl (C=O) groups is 3. The van der Waals surface area contributed by atoms with E-state index < -0.39 is 0 Å². The van der Waals surface area contributed by atoms with E-state index in [2.05, 4.69) is 4.98 Å². The van der Waals surface area contributed by atoms with E-state index in [9.17, 15) is 14.4 Å². The van der Waals surface area contributed by atoms with Crippen molar-refractivity contribution in [2.75, 3.05) is 0 Å². The van der Waals surface area contributed by atoms with Gasteiger partial charge in [-0.05, 0) is 12.5 Å². The highest BCUT2D eigenvalue weighted by Gasteiger charge is 2.32. The van der Waals surface area contributed by atoms with E-state index in [-0.39, 0.29) is 18.0 Å². The molecule has 0 amide bonds. The van der Waals surface area contributed by atoms with Crippen molar-refractivity contribution in [3.8, 4) is 0 Å². The standard InChI is InChI=1S/C9H7NO3/c1-4-5(3-11)10-9-7(13)2-6(12)8(4)9/h3,10H,2H2,1H3. The fraction of sp³-hybridized carbons (Fsp3) is 0.222. The molecule has 0 aromatic carbocycles. The number of H-pyrrole nitrogens is 1. The summed E-state index contributed by atoms with van der Waals surface area (Å²) in [6.45, 7) is 1.66. The van der Waals surface area contributed by atoms with Gasteiger partial charge in [-0.15, -0.1) is 0 Å². The summed E-state index contributed by atoms with van der Waals surface area (Å²) in [5.74, 6) is -0.418. The normalized spacial score (nSPS) is 14.8. The zero-order valence-corrected chi connectivity index (χ0v) is 7.01. The molecule has 0 spiro atoms. The van der Waals surface area contributed by atoms with E-state index in [4.69, 9.17) is 0 Å². The van der Waals surface area contributed by atoms with Crippen molar-refractivity contribution in [1.82, 2.24) is 4.98 Å². The van der Waals surface area contributed by atoms with E-state index in [1.807, 2.05) is 0 Å². The minimum absolute atomic E-state index is 0.0683. The van der Waals surface area contributed by atoms with Crippen LogP contribution >= 0.6 is 0 Å². The summed E-state index contributed by atoms with van der Waals surface area (Å²) in [5, 5.41) is 0. The second kappa shape index (κ2) is 2.39. The summed E-state index contributed by atoms with van der Waals surface area (Å²) in [6.07, 6.45) is 0.551. The van der Waals surface area contributed by atoms with Crippen LogP contribution in [0.1, 0.15) is 43.3 Å². The van der Waals surface area contributed by atoms with Crippen LogP contribution in [0.3, 0.4) is 0 Å². The summed E-state index contributed by atoms with van der Waals surface area (Å²) in [5.41, 5.74) is 1.60. The van der Waals surface area contributed by atoms with Gasteiger partial charge in [0, 0.05) is 0 Å². The number of nitrogens with one attached hydrogen (secondary N) is 1. The Balaban J connectivity index is 2.73. The molecule has 0 bridgehead atoms. The Morgan fingerprint density at radius 1 is 1.31 bits per heavy atom. The molecule has 4 nitrogen and oxygen atoms in total. The number of hydrogen-bond acceptors (Lipinski definition) is 3. The van der Waals surface area contributed by atoms with Crippen LogP contribution in [-0.4, -0.2) is 22.8 Å². The number of hydrogen-bond donors (Lipinski definition) is 1. The second-order valence-corrected chi connectivity index (χ2v) is 3.05. The lowest BCUT2D eigenvalue weighted by atomic mass is 10.1. The smallest absolute Gasteiger partial charge is 0.187 e. The number of aromatic amines is 1. The van der Waals surface area contributed by atoms with E-state index in [1.54, 1.807) is 6.92 Å². The molecule has 4 heteroatoms. The third kappa shape index (κ3) is 0.884. The Morgan fingerprint density at radius 2 is 2.00 bits per heavy atom. The summed E-state index contributed by atoms with van der Waals surface area (Å²) in [7, 11) is 0. The molecule has 1 aromatic rings. The largest absolute Gasteiger partial charge is 0.349 e. The predicted octanol–water partition coefficient (Wildman–Crippen LogP) is 0.905. The minimum Gasteiger partial charge on any atom is -0.349 e. The number of carbonyl (C=O) groups excluding carboxylic acids is 3. The maximum absolute atomic E-state index is 11.3. The zero-order valence-electron chi connectivity index (χ0n) is 7.01. The molecule has 0 saturated heterocycles. The third-order valence-electron chi connectivity index (χ3n) is 2.29. The van der Waals surface area contributed by atoms with Crippen LogP contribution in [-0.2, 0) is 0 Å². The van der Waals surface area contributed by atoms with Crippen molar-refractivity contribution in [2.45, 2.75) is 13.3 Å². The van der Waals surface area contributed by atoms with Crippen molar-refractivity contribution < 1.29 is 14.4 Å². The summed E-state index contributed by atoms with van der Waals surface area (Å²) in [4.78, 5) is 35.6. The fourth-order valence-corrected chi connectivity index (χ4v) is 1.61. The Hall–Kier alpha value is -1.71. The van der Waals surface area contributed by atoms with Crippen LogP contribution in [0.15, 0.2) is 0 Å². The average Bonchev–Trinajstić information content (AvgIpc) is 2.54. The Morgan fingerprint density at radius 3 is 2.54 bits per heavy atom. The molecule has 1 aliphatic carbocycles. The maximum atomic E-state index is 11.3. The van der Waals surface area contributed by atoms with Crippen molar-refractivity contribution >= 4 is 17.9 Å². The lowest BCUT2D eigenvalue weighted by Gasteiger charge is -1.90. The van der Waals surface area contributed by atoms with Gasteiger partial charge in [-0.25, -0.2) is 0 Å². The fourth-order valence-electron chi connectivity index (χ4n) is 1.61. The Bertz CT molecular complexity index is 428. The highest BCUT2D eigenvalue weighted by molar-refractivity contribution is 6.24. The van der Waals surface area contributed by atoms with Crippen LogP contribution in [0.2, 0.25) is 0 Å². The number of ketones is 2. The first kappa shape index (κ1) is 7.91. The summed E-state index contributed by atoms with van der Waals surface area (Å²) >= 11 is 0. The molecule has 0 radical (unpaired) electrons. The molecule has 1 N–H and O–H groups in total. The third-order valence-corrected chi connectivity index (χ3v) is 2.29. The highest BCUT2D eigenvalue weighted by Crippen LogP contribution is 2.26. The van der Waals surface area contributed by atoms with Gasteiger partial charge in [-0.1, -0.05) is 0 Å². The first-order valence-electron chi connectivity index (χ1n) is 3.89. The van der Waals surface area contributed by atoms with E-state index in [1.165, 1.54) is 0 Å². The van der Waals surface area contributed by atoms with Gasteiger partial charge in [0.1, 0.15) is 0 Å². The van der Waals surface area contributed by atoms with Gasteiger partial charge in [0.25, 0.3) is 0 Å². The minimum atomic E-state index is -0.226. The first-order valence-corrected chi connectivity index (χ1v) is 3.89. The molecule has 66 valence electrons. The van der Waals surface area contributed by atoms with Gasteiger partial charge in [0.05, 0.1) is 23.4 Å². The van der Waals surface area contributed by atoms with E-state index in [0.717, 1.165) is 0 Å². The highest BCUT2D eigenvalue weighted by atomic mass is 16.2. The monoisotopic (exact) mass is 177 g/mol. The van der Waals surface area contributed by atoms with Crippen LogP contribution in [0, 0.1) is 6.92 Å². The van der Waals surface area contributed by atoms with Gasteiger partial charge in [-0.3, -0.25) is 14.4 Å². The van der Waals surface area contributed by atoms with Crippen LogP contribution in [0.4, 0.5) is 0 Å². The number of aldehydes is 1. The van der Waals surface area contributed by atoms with Crippen molar-refractivity contribution in [3.63, 3.8) is 0 Å². The number of rotatable bonds is 1. The maximum Gasteiger partial charge on any atom is 0.187 e. The van der Waals surface area contributed by atoms with E-state index >= 15 is 0 Å². The lowest BCUT2D eigenvalue weighted by molar-refractivity contribution is 0.0920. The van der Waals surface area contributed by atoms with Crippen LogP contribution in [0.25, 0.3) is 0 Å². The first-order chi connectivity index (χ1) is 6.15. The Labute approximate surface area is 73.9 Å². The van der Waals surface area contributed by atoms with Crippen molar-refractivity contribution in [2.24, 2.45) is 0 Å². The summed E-state index contributed by atoms with van der Waals surface area (Å²) < 4.78 is 0. The van der Waals surface area contributed by atoms with Gasteiger partial charge >= 0.3 is 0 Å². The van der Waals surface area contributed by atoms with Crippen molar-refractivity contribution in [3.05, 3.63) is 22.5 Å². The summed E-state index contributed by atoms with van der Waals surface area (Å²) in [6, 6.07) is 0. The molecule has 0 atom stereocenters. The predicted molar refractivity (Wildman–Crippen MR) is 44.2 cm³/mol. The molecule has 0 unspecified atom stereocenters. The molecule has 13 heavy (non-hydrogen) atoms. The molecule has 0 aliphatic heterocycles. The van der Waals surface area contributed by atoms with Crippen LogP contribution < -0.4 is 0 Å². The molecule has 0 saturated carbocycles.